The Labute approximate surface area is 205 Å². The molecule has 1 aliphatic heterocycles. The summed E-state index contributed by atoms with van der Waals surface area (Å²) in [4.78, 5) is 0. The maximum absolute atomic E-state index is 15.0. The van der Waals surface area contributed by atoms with Crippen molar-refractivity contribution in [3.63, 3.8) is 0 Å². The van der Waals surface area contributed by atoms with Gasteiger partial charge in [0.05, 0.1) is 18.8 Å². The lowest BCUT2D eigenvalue weighted by Gasteiger charge is -2.29. The molecule has 0 N–H and O–H groups in total. The van der Waals surface area contributed by atoms with Gasteiger partial charge in [-0.25, -0.2) is 17.6 Å². The lowest BCUT2D eigenvalue weighted by Crippen LogP contribution is -2.31. The summed E-state index contributed by atoms with van der Waals surface area (Å²) in [6, 6.07) is 5.69. The quantitative estimate of drug-likeness (QED) is 0.277. The summed E-state index contributed by atoms with van der Waals surface area (Å²) in [5.74, 6) is -3.93. The average Bonchev–Trinajstić information content (AvgIpc) is 2.88. The minimum Gasteiger partial charge on any atom is -0.376 e. The van der Waals surface area contributed by atoms with Gasteiger partial charge in [-0.2, -0.15) is 0 Å². The Kier molecular flexibility index (Phi) is 8.66. The predicted octanol–water partition coefficient (Wildman–Crippen LogP) is 7.89. The average molecular weight is 491 g/mol. The van der Waals surface area contributed by atoms with Crippen LogP contribution < -0.4 is 0 Å². The number of benzene rings is 2. The number of aryl methyl sites for hydroxylation is 1. The molecule has 2 fully saturated rings. The van der Waals surface area contributed by atoms with Gasteiger partial charge in [-0.1, -0.05) is 30.3 Å². The van der Waals surface area contributed by atoms with Gasteiger partial charge in [0.1, 0.15) is 0 Å². The molecule has 2 unspecified atom stereocenters. The van der Waals surface area contributed by atoms with E-state index < -0.39 is 23.3 Å². The number of allylic oxidation sites excluding steroid dienone is 1. The summed E-state index contributed by atoms with van der Waals surface area (Å²) in [5, 5.41) is 0. The molecule has 35 heavy (non-hydrogen) atoms. The second kappa shape index (κ2) is 11.7. The van der Waals surface area contributed by atoms with Crippen LogP contribution in [0.1, 0.15) is 68.9 Å². The Morgan fingerprint density at radius 3 is 2.20 bits per heavy atom. The van der Waals surface area contributed by atoms with Crippen molar-refractivity contribution in [3.05, 3.63) is 71.3 Å². The molecule has 1 saturated carbocycles. The molecule has 0 radical (unpaired) electrons. The molecule has 2 atom stereocenters. The van der Waals surface area contributed by atoms with E-state index in [0.29, 0.717) is 37.5 Å². The molecule has 0 bridgehead atoms. The molecule has 2 nitrogen and oxygen atoms in total. The van der Waals surface area contributed by atoms with Crippen LogP contribution in [-0.2, 0) is 15.9 Å². The predicted molar refractivity (Wildman–Crippen MR) is 129 cm³/mol. The van der Waals surface area contributed by atoms with Gasteiger partial charge in [0.15, 0.2) is 23.3 Å². The summed E-state index contributed by atoms with van der Waals surface area (Å²) in [6.45, 7) is 6.90. The fourth-order valence-corrected chi connectivity index (χ4v) is 5.44. The molecule has 2 aromatic rings. The zero-order valence-corrected chi connectivity index (χ0v) is 20.3. The van der Waals surface area contributed by atoms with Crippen molar-refractivity contribution in [2.24, 2.45) is 5.92 Å². The molecular weight excluding hydrogens is 456 g/mol. The van der Waals surface area contributed by atoms with Gasteiger partial charge in [0, 0.05) is 17.7 Å². The maximum atomic E-state index is 15.0. The number of hydrogen-bond donors (Lipinski definition) is 0. The summed E-state index contributed by atoms with van der Waals surface area (Å²) in [6.07, 6.45) is 7.79. The molecule has 1 heterocycles. The van der Waals surface area contributed by atoms with E-state index >= 15 is 4.39 Å². The zero-order chi connectivity index (χ0) is 24.9. The number of halogens is 4. The van der Waals surface area contributed by atoms with E-state index in [9.17, 15) is 13.2 Å². The summed E-state index contributed by atoms with van der Waals surface area (Å²) in [7, 11) is 0. The number of hydrogen-bond acceptors (Lipinski definition) is 2. The number of ether oxygens (including phenoxy) is 2. The second-order valence-electron chi connectivity index (χ2n) is 9.73. The van der Waals surface area contributed by atoms with Crippen molar-refractivity contribution in [3.8, 4) is 11.1 Å². The molecule has 0 amide bonds. The zero-order valence-electron chi connectivity index (χ0n) is 20.3. The highest BCUT2D eigenvalue weighted by Crippen LogP contribution is 2.39. The summed E-state index contributed by atoms with van der Waals surface area (Å²) in [5.41, 5.74) is -0.00632. The topological polar surface area (TPSA) is 18.5 Å². The molecular formula is C29H34F4O2. The first-order chi connectivity index (χ1) is 16.9. The lowest BCUT2D eigenvalue weighted by molar-refractivity contribution is -0.0843. The van der Waals surface area contributed by atoms with E-state index in [1.165, 1.54) is 24.3 Å². The van der Waals surface area contributed by atoms with Gasteiger partial charge in [-0.15, -0.1) is 6.58 Å². The minimum absolute atomic E-state index is 0.0329. The highest BCUT2D eigenvalue weighted by atomic mass is 19.2. The fraction of sp³-hybridized carbons (Fsp3) is 0.517. The molecule has 0 spiro atoms. The van der Waals surface area contributed by atoms with Crippen LogP contribution in [0.4, 0.5) is 17.6 Å². The highest BCUT2D eigenvalue weighted by molar-refractivity contribution is 5.66. The largest absolute Gasteiger partial charge is 0.376 e. The van der Waals surface area contributed by atoms with E-state index in [1.54, 1.807) is 0 Å². The SMILES string of the molecule is C=CC1CCC(c2ccc(-c3ccc(CCC4CCC(OCC)CO4)c(F)c3F)c(F)c2F)CC1. The highest BCUT2D eigenvalue weighted by Gasteiger charge is 2.27. The maximum Gasteiger partial charge on any atom is 0.167 e. The normalized spacial score (nSPS) is 24.9. The lowest BCUT2D eigenvalue weighted by atomic mass is 9.78. The van der Waals surface area contributed by atoms with Crippen molar-refractivity contribution in [1.82, 2.24) is 0 Å². The van der Waals surface area contributed by atoms with Crippen LogP contribution in [0.5, 0.6) is 0 Å². The molecule has 2 aromatic carbocycles. The van der Waals surface area contributed by atoms with Crippen LogP contribution in [0, 0.1) is 29.2 Å². The third-order valence-electron chi connectivity index (χ3n) is 7.58. The van der Waals surface area contributed by atoms with Crippen molar-refractivity contribution in [2.45, 2.75) is 76.4 Å². The third-order valence-corrected chi connectivity index (χ3v) is 7.58. The molecule has 4 rings (SSSR count). The smallest absolute Gasteiger partial charge is 0.167 e. The van der Waals surface area contributed by atoms with E-state index in [-0.39, 0.29) is 34.8 Å². The second-order valence-corrected chi connectivity index (χ2v) is 9.73. The van der Waals surface area contributed by atoms with Gasteiger partial charge >= 0.3 is 0 Å². The van der Waals surface area contributed by atoms with Crippen molar-refractivity contribution in [2.75, 3.05) is 13.2 Å². The standard InChI is InChI=1S/C29H34F4O2/c1-3-18-5-7-19(8-6-18)23-15-16-25(29(33)27(23)31)24-14-10-20(26(30)28(24)32)9-11-21-12-13-22(17-35-21)34-4-2/h3,10,14-16,18-19,21-22H,1,4-9,11-13,17H2,2H3. The molecule has 0 aromatic heterocycles. The van der Waals surface area contributed by atoms with Crippen molar-refractivity contribution < 1.29 is 27.0 Å². The Balaban J connectivity index is 1.45. The Bertz CT molecular complexity index is 1020. The van der Waals surface area contributed by atoms with Crippen molar-refractivity contribution >= 4 is 0 Å². The van der Waals surface area contributed by atoms with Crippen LogP contribution in [0.2, 0.25) is 0 Å². The number of rotatable bonds is 8. The van der Waals surface area contributed by atoms with Crippen LogP contribution in [0.25, 0.3) is 11.1 Å². The van der Waals surface area contributed by atoms with Gasteiger partial charge in [-0.3, -0.25) is 0 Å². The van der Waals surface area contributed by atoms with E-state index in [1.807, 2.05) is 13.0 Å². The Morgan fingerprint density at radius 1 is 0.886 bits per heavy atom. The summed E-state index contributed by atoms with van der Waals surface area (Å²) < 4.78 is 71.2. The third kappa shape index (κ3) is 5.80. The molecule has 190 valence electrons. The molecule has 1 saturated heterocycles. The van der Waals surface area contributed by atoms with E-state index in [4.69, 9.17) is 9.47 Å². The first kappa shape index (κ1) is 25.9. The van der Waals surface area contributed by atoms with Gasteiger partial charge in [-0.05, 0) is 81.3 Å². The van der Waals surface area contributed by atoms with E-state index in [2.05, 4.69) is 6.58 Å². The molecule has 1 aliphatic carbocycles. The first-order valence-corrected chi connectivity index (χ1v) is 12.7. The monoisotopic (exact) mass is 490 g/mol. The van der Waals surface area contributed by atoms with Crippen LogP contribution in [0.3, 0.4) is 0 Å². The van der Waals surface area contributed by atoms with Gasteiger partial charge < -0.3 is 9.47 Å². The Hall–Kier alpha value is -2.18. The van der Waals surface area contributed by atoms with Gasteiger partial charge in [0.2, 0.25) is 0 Å². The Morgan fingerprint density at radius 2 is 1.57 bits per heavy atom. The van der Waals surface area contributed by atoms with Crippen LogP contribution in [0.15, 0.2) is 36.9 Å². The van der Waals surface area contributed by atoms with Crippen LogP contribution >= 0.6 is 0 Å². The molecule has 2 aliphatic rings. The molecule has 6 heteroatoms. The minimum atomic E-state index is -1.15. The first-order valence-electron chi connectivity index (χ1n) is 12.7. The van der Waals surface area contributed by atoms with E-state index in [0.717, 1.165) is 38.5 Å². The fourth-order valence-electron chi connectivity index (χ4n) is 5.44. The van der Waals surface area contributed by atoms with Gasteiger partial charge in [0.25, 0.3) is 0 Å². The van der Waals surface area contributed by atoms with Crippen molar-refractivity contribution in [1.29, 1.82) is 0 Å². The van der Waals surface area contributed by atoms with Crippen LogP contribution in [-0.4, -0.2) is 25.4 Å². The summed E-state index contributed by atoms with van der Waals surface area (Å²) >= 11 is 0.